The maximum absolute atomic E-state index is 15.1. The van der Waals surface area contributed by atoms with E-state index in [1.807, 2.05) is 0 Å². The van der Waals surface area contributed by atoms with Crippen LogP contribution in [0.4, 0.5) is 14.5 Å². The number of carbonyl (C=O) groups excluding carboxylic acids is 1. The predicted molar refractivity (Wildman–Crippen MR) is 159 cm³/mol. The van der Waals surface area contributed by atoms with Crippen molar-refractivity contribution < 1.29 is 41.1 Å². The number of pyridine rings is 1. The summed E-state index contributed by atoms with van der Waals surface area (Å²) < 4.78 is 75.2. The molecule has 1 saturated carbocycles. The summed E-state index contributed by atoms with van der Waals surface area (Å²) in [4.78, 5) is 29.7. The molecule has 244 valence electrons. The summed E-state index contributed by atoms with van der Waals surface area (Å²) >= 11 is 0. The Hall–Kier alpha value is -4.37. The van der Waals surface area contributed by atoms with E-state index in [4.69, 9.17) is 14.2 Å². The third-order valence-corrected chi connectivity index (χ3v) is 9.80. The Bertz CT molecular complexity index is 1760. The van der Waals surface area contributed by atoms with Crippen molar-refractivity contribution in [2.75, 3.05) is 26.2 Å². The number of ether oxygens (including phenoxy) is 3. The smallest absolute Gasteiger partial charge is 0.312 e. The molecule has 3 fully saturated rings. The van der Waals surface area contributed by atoms with Gasteiger partial charge in [0.1, 0.15) is 17.5 Å². The number of amides is 1. The third kappa shape index (κ3) is 6.60. The number of piperidine rings is 1. The molecule has 3 aliphatic rings. The van der Waals surface area contributed by atoms with Gasteiger partial charge in [-0.05, 0) is 61.6 Å². The molecular formula is C31H32F2N4O8S. The lowest BCUT2D eigenvalue weighted by molar-refractivity contribution is -0.386. The van der Waals surface area contributed by atoms with E-state index in [9.17, 15) is 23.3 Å². The standard InChI is InChI=1S/C31H32F2N4O8S/c1-2-25(23-8-5-20(16-34-23)43-17-19-3-4-19)44-27-10-7-22(28(32)29(27)33)30(38)35-46(41,42)21-6-9-26(24(15-21)37(39)40)45-31-11-13-36(18-31)14-12-31/h5-10,15-16,19,25H,2-4,11-14,17-18H2,1H3,(H,35,38). The van der Waals surface area contributed by atoms with E-state index in [0.717, 1.165) is 56.3 Å². The van der Waals surface area contributed by atoms with Gasteiger partial charge in [0.25, 0.3) is 15.9 Å². The van der Waals surface area contributed by atoms with E-state index in [-0.39, 0.29) is 5.75 Å². The average Bonchev–Trinajstić information content (AvgIpc) is 3.67. The normalized spacial score (nSPS) is 21.1. The summed E-state index contributed by atoms with van der Waals surface area (Å²) in [6.07, 6.45) is 4.78. The van der Waals surface area contributed by atoms with Gasteiger partial charge in [-0.3, -0.25) is 24.8 Å². The number of rotatable bonds is 13. The van der Waals surface area contributed by atoms with Crippen molar-refractivity contribution >= 4 is 21.6 Å². The van der Waals surface area contributed by atoms with Crippen LogP contribution in [0, 0.1) is 27.7 Å². The Labute approximate surface area is 263 Å². The minimum atomic E-state index is -4.73. The highest BCUT2D eigenvalue weighted by atomic mass is 32.2. The van der Waals surface area contributed by atoms with E-state index >= 15 is 8.78 Å². The van der Waals surface area contributed by atoms with Gasteiger partial charge in [-0.15, -0.1) is 0 Å². The first kappa shape index (κ1) is 31.6. The summed E-state index contributed by atoms with van der Waals surface area (Å²) in [6.45, 7) is 4.60. The molecule has 2 saturated heterocycles. The molecular weight excluding hydrogens is 626 g/mol. The molecule has 0 spiro atoms. The average molecular weight is 659 g/mol. The number of hydrogen-bond donors (Lipinski definition) is 1. The minimum Gasteiger partial charge on any atom is -0.492 e. The summed E-state index contributed by atoms with van der Waals surface area (Å²) in [6, 6.07) is 8.26. The quantitative estimate of drug-likeness (QED) is 0.198. The molecule has 3 heterocycles. The summed E-state index contributed by atoms with van der Waals surface area (Å²) in [5, 5.41) is 11.8. The molecule has 12 nitrogen and oxygen atoms in total. The number of nitro benzene ring substituents is 1. The van der Waals surface area contributed by atoms with Crippen molar-refractivity contribution in [3.63, 3.8) is 0 Å². The van der Waals surface area contributed by atoms with Crippen LogP contribution in [0.15, 0.2) is 53.6 Å². The maximum atomic E-state index is 15.1. The van der Waals surface area contributed by atoms with Crippen molar-refractivity contribution in [3.8, 4) is 17.2 Å². The lowest BCUT2D eigenvalue weighted by Gasteiger charge is -2.26. The fourth-order valence-electron chi connectivity index (χ4n) is 5.65. The second-order valence-corrected chi connectivity index (χ2v) is 13.5. The van der Waals surface area contributed by atoms with E-state index < -0.39 is 66.1 Å². The maximum Gasteiger partial charge on any atom is 0.312 e. The highest BCUT2D eigenvalue weighted by Crippen LogP contribution is 2.40. The fraction of sp³-hybridized carbons (Fsp3) is 0.419. The molecule has 6 rings (SSSR count). The van der Waals surface area contributed by atoms with Gasteiger partial charge in [-0.2, -0.15) is 4.39 Å². The van der Waals surface area contributed by atoms with Gasteiger partial charge in [0.2, 0.25) is 5.82 Å². The second-order valence-electron chi connectivity index (χ2n) is 11.8. The molecule has 3 aromatic rings. The van der Waals surface area contributed by atoms with Crippen LogP contribution in [-0.2, 0) is 10.0 Å². The molecule has 1 aromatic heterocycles. The van der Waals surface area contributed by atoms with Gasteiger partial charge in [0.05, 0.1) is 33.9 Å². The summed E-state index contributed by atoms with van der Waals surface area (Å²) in [5.41, 5.74) is -1.64. The number of benzene rings is 2. The number of halogens is 2. The highest BCUT2D eigenvalue weighted by Gasteiger charge is 2.46. The first-order valence-corrected chi connectivity index (χ1v) is 16.5. The Morgan fingerprint density at radius 3 is 2.48 bits per heavy atom. The molecule has 2 bridgehead atoms. The first-order valence-electron chi connectivity index (χ1n) is 15.0. The Morgan fingerprint density at radius 1 is 1.13 bits per heavy atom. The van der Waals surface area contributed by atoms with Gasteiger partial charge in [0, 0.05) is 38.5 Å². The first-order chi connectivity index (χ1) is 22.0. The predicted octanol–water partition coefficient (Wildman–Crippen LogP) is 4.93. The van der Waals surface area contributed by atoms with Crippen LogP contribution in [0.1, 0.15) is 61.2 Å². The molecule has 15 heteroatoms. The zero-order valence-electron chi connectivity index (χ0n) is 24.9. The molecule has 1 unspecified atom stereocenters. The highest BCUT2D eigenvalue weighted by molar-refractivity contribution is 7.90. The summed E-state index contributed by atoms with van der Waals surface area (Å²) in [5.74, 6) is -4.05. The Morgan fingerprint density at radius 2 is 1.87 bits per heavy atom. The van der Waals surface area contributed by atoms with Gasteiger partial charge in [0.15, 0.2) is 17.3 Å². The monoisotopic (exact) mass is 658 g/mol. The Balaban J connectivity index is 1.15. The summed E-state index contributed by atoms with van der Waals surface area (Å²) in [7, 11) is -4.73. The van der Waals surface area contributed by atoms with Crippen molar-refractivity contribution in [3.05, 3.63) is 81.7 Å². The van der Waals surface area contributed by atoms with Crippen molar-refractivity contribution in [2.24, 2.45) is 5.92 Å². The lowest BCUT2D eigenvalue weighted by Crippen LogP contribution is -2.35. The van der Waals surface area contributed by atoms with Gasteiger partial charge >= 0.3 is 5.69 Å². The molecule has 2 aliphatic heterocycles. The van der Waals surface area contributed by atoms with Gasteiger partial charge in [-0.1, -0.05) is 6.92 Å². The molecule has 0 radical (unpaired) electrons. The zero-order chi connectivity index (χ0) is 32.6. The number of nitrogens with zero attached hydrogens (tertiary/aromatic N) is 3. The van der Waals surface area contributed by atoms with Crippen LogP contribution >= 0.6 is 0 Å². The zero-order valence-corrected chi connectivity index (χ0v) is 25.7. The van der Waals surface area contributed by atoms with Crippen molar-refractivity contribution in [2.45, 2.75) is 55.6 Å². The molecule has 2 aromatic carbocycles. The molecule has 1 N–H and O–H groups in total. The molecule has 1 aliphatic carbocycles. The molecule has 1 amide bonds. The van der Waals surface area contributed by atoms with Crippen LogP contribution in [-0.4, -0.2) is 61.0 Å². The minimum absolute atomic E-state index is 0.0961. The lowest BCUT2D eigenvalue weighted by atomic mass is 9.99. The van der Waals surface area contributed by atoms with E-state index in [1.54, 1.807) is 23.8 Å². The van der Waals surface area contributed by atoms with Crippen LogP contribution in [0.25, 0.3) is 0 Å². The van der Waals surface area contributed by atoms with Crippen LogP contribution in [0.5, 0.6) is 17.2 Å². The largest absolute Gasteiger partial charge is 0.492 e. The number of sulfonamides is 1. The number of nitro groups is 1. The van der Waals surface area contributed by atoms with E-state index in [1.165, 1.54) is 6.20 Å². The Kier molecular flexibility index (Phi) is 8.55. The van der Waals surface area contributed by atoms with Crippen LogP contribution in [0.3, 0.4) is 0 Å². The number of fused-ring (bicyclic) bond motifs is 2. The number of carbonyl (C=O) groups is 1. The molecule has 1 atom stereocenters. The van der Waals surface area contributed by atoms with Crippen LogP contribution < -0.4 is 18.9 Å². The van der Waals surface area contributed by atoms with Crippen molar-refractivity contribution in [1.82, 2.24) is 14.6 Å². The van der Waals surface area contributed by atoms with Gasteiger partial charge < -0.3 is 14.2 Å². The molecule has 46 heavy (non-hydrogen) atoms. The number of nitrogens with one attached hydrogen (secondary N) is 1. The topological polar surface area (TPSA) is 150 Å². The van der Waals surface area contributed by atoms with Gasteiger partial charge in [-0.25, -0.2) is 17.5 Å². The second kappa shape index (κ2) is 12.4. The van der Waals surface area contributed by atoms with Crippen molar-refractivity contribution in [1.29, 1.82) is 0 Å². The number of aromatic nitrogens is 1. The van der Waals surface area contributed by atoms with E-state index in [0.29, 0.717) is 49.8 Å². The third-order valence-electron chi connectivity index (χ3n) is 8.47. The van der Waals surface area contributed by atoms with E-state index in [2.05, 4.69) is 9.88 Å². The number of hydrogen-bond acceptors (Lipinski definition) is 10. The van der Waals surface area contributed by atoms with Crippen LogP contribution in [0.2, 0.25) is 0 Å². The SMILES string of the molecule is CCC(Oc1ccc(C(=O)NS(=O)(=O)c2ccc(OC34CCN(CC3)C4)c([N+](=O)[O-])c2)c(F)c1F)c1ccc(OCC2CC2)cn1. The fourth-order valence-corrected chi connectivity index (χ4v) is 6.64.